The van der Waals surface area contributed by atoms with Gasteiger partial charge in [0.1, 0.15) is 10.8 Å². The van der Waals surface area contributed by atoms with Crippen LogP contribution in [0, 0.1) is 6.92 Å². The first kappa shape index (κ1) is 17.5. The minimum atomic E-state index is -0.477. The van der Waals surface area contributed by atoms with Crippen molar-refractivity contribution in [3.05, 3.63) is 45.8 Å². The SMILES string of the molecule is Cc1cccc(OCC(=O)Nc2sc3c(c2C(N)=O)CCCCC3)c1. The summed E-state index contributed by atoms with van der Waals surface area (Å²) in [5.74, 6) is -0.123. The minimum Gasteiger partial charge on any atom is -0.484 e. The quantitative estimate of drug-likeness (QED) is 0.803. The van der Waals surface area contributed by atoms with E-state index in [1.165, 1.54) is 16.2 Å². The van der Waals surface area contributed by atoms with Gasteiger partial charge < -0.3 is 15.8 Å². The Bertz CT molecular complexity index is 798. The first-order valence-electron chi connectivity index (χ1n) is 8.48. The molecule has 2 aromatic rings. The van der Waals surface area contributed by atoms with Gasteiger partial charge in [-0.2, -0.15) is 0 Å². The average molecular weight is 358 g/mol. The van der Waals surface area contributed by atoms with Gasteiger partial charge in [-0.1, -0.05) is 18.6 Å². The fourth-order valence-corrected chi connectivity index (χ4v) is 4.42. The maximum Gasteiger partial charge on any atom is 0.262 e. The highest BCUT2D eigenvalue weighted by atomic mass is 32.1. The van der Waals surface area contributed by atoms with Crippen LogP contribution < -0.4 is 15.8 Å². The van der Waals surface area contributed by atoms with E-state index >= 15 is 0 Å². The standard InChI is InChI=1S/C19H22N2O3S/c1-12-6-5-7-13(10-12)24-11-16(22)21-19-17(18(20)23)14-8-3-2-4-9-15(14)25-19/h5-7,10H,2-4,8-9,11H2,1H3,(H2,20,23)(H,21,22). The molecule has 6 heteroatoms. The molecule has 132 valence electrons. The monoisotopic (exact) mass is 358 g/mol. The lowest BCUT2D eigenvalue weighted by molar-refractivity contribution is -0.118. The van der Waals surface area contributed by atoms with Crippen molar-refractivity contribution in [1.29, 1.82) is 0 Å². The number of carbonyl (C=O) groups excluding carboxylic acids is 2. The second-order valence-electron chi connectivity index (χ2n) is 6.29. The summed E-state index contributed by atoms with van der Waals surface area (Å²) >= 11 is 1.47. The van der Waals surface area contributed by atoms with Crippen molar-refractivity contribution in [1.82, 2.24) is 0 Å². The highest BCUT2D eigenvalue weighted by Crippen LogP contribution is 2.37. The molecular formula is C19H22N2O3S. The summed E-state index contributed by atoms with van der Waals surface area (Å²) in [5, 5.41) is 3.36. The van der Waals surface area contributed by atoms with Gasteiger partial charge >= 0.3 is 0 Å². The minimum absolute atomic E-state index is 0.107. The third-order valence-corrected chi connectivity index (χ3v) is 5.49. The smallest absolute Gasteiger partial charge is 0.262 e. The molecule has 0 bridgehead atoms. The van der Waals surface area contributed by atoms with Crippen molar-refractivity contribution in [2.24, 2.45) is 5.73 Å². The van der Waals surface area contributed by atoms with Crippen molar-refractivity contribution in [3.63, 3.8) is 0 Å². The molecule has 3 rings (SSSR count). The van der Waals surface area contributed by atoms with Gasteiger partial charge in [0.25, 0.3) is 11.8 Å². The van der Waals surface area contributed by atoms with Crippen molar-refractivity contribution in [2.45, 2.75) is 39.0 Å². The second kappa shape index (κ2) is 7.70. The van der Waals surface area contributed by atoms with Gasteiger partial charge in [-0.15, -0.1) is 11.3 Å². The highest BCUT2D eigenvalue weighted by Gasteiger charge is 2.24. The topological polar surface area (TPSA) is 81.4 Å². The number of nitrogens with one attached hydrogen (secondary N) is 1. The van der Waals surface area contributed by atoms with Crippen molar-refractivity contribution in [3.8, 4) is 5.75 Å². The van der Waals surface area contributed by atoms with Crippen LogP contribution >= 0.6 is 11.3 Å². The summed E-state index contributed by atoms with van der Waals surface area (Å²) in [7, 11) is 0. The van der Waals surface area contributed by atoms with Crippen molar-refractivity contribution >= 4 is 28.2 Å². The highest BCUT2D eigenvalue weighted by molar-refractivity contribution is 7.17. The summed E-state index contributed by atoms with van der Waals surface area (Å²) in [6, 6.07) is 7.52. The molecule has 0 unspecified atom stereocenters. The summed E-state index contributed by atoms with van der Waals surface area (Å²) in [6.45, 7) is 1.86. The number of primary amides is 1. The lowest BCUT2D eigenvalue weighted by Gasteiger charge is -2.08. The summed E-state index contributed by atoms with van der Waals surface area (Å²) < 4.78 is 5.52. The van der Waals surface area contributed by atoms with Gasteiger partial charge in [-0.05, 0) is 55.9 Å². The van der Waals surface area contributed by atoms with Crippen LogP contribution in [0.5, 0.6) is 5.75 Å². The zero-order chi connectivity index (χ0) is 17.8. The Morgan fingerprint density at radius 2 is 2.04 bits per heavy atom. The van der Waals surface area contributed by atoms with Crippen LogP contribution in [0.3, 0.4) is 0 Å². The molecule has 0 saturated heterocycles. The normalized spacial score (nSPS) is 13.6. The molecule has 0 fully saturated rings. The van der Waals surface area contributed by atoms with Crippen molar-refractivity contribution < 1.29 is 14.3 Å². The van der Waals surface area contributed by atoms with Gasteiger partial charge in [0.05, 0.1) is 5.56 Å². The van der Waals surface area contributed by atoms with E-state index in [2.05, 4.69) is 5.32 Å². The third-order valence-electron chi connectivity index (χ3n) is 4.28. The van der Waals surface area contributed by atoms with E-state index in [1.807, 2.05) is 31.2 Å². The van der Waals surface area contributed by atoms with Crippen LogP contribution in [0.4, 0.5) is 5.00 Å². The number of benzene rings is 1. The molecule has 1 aromatic heterocycles. The number of hydrogen-bond donors (Lipinski definition) is 2. The molecule has 1 aliphatic rings. The van der Waals surface area contributed by atoms with E-state index < -0.39 is 5.91 Å². The zero-order valence-corrected chi connectivity index (χ0v) is 15.1. The first-order chi connectivity index (χ1) is 12.0. The molecule has 5 nitrogen and oxygen atoms in total. The molecule has 0 aliphatic heterocycles. The van der Waals surface area contributed by atoms with E-state index in [0.29, 0.717) is 16.3 Å². The number of aryl methyl sites for hydroxylation is 2. The van der Waals surface area contributed by atoms with Crippen LogP contribution in [0.15, 0.2) is 24.3 Å². The zero-order valence-electron chi connectivity index (χ0n) is 14.3. The van der Waals surface area contributed by atoms with Crippen molar-refractivity contribution in [2.75, 3.05) is 11.9 Å². The Hall–Kier alpha value is -2.34. The fraction of sp³-hybridized carbons (Fsp3) is 0.368. The number of rotatable bonds is 5. The lowest BCUT2D eigenvalue weighted by atomic mass is 10.1. The Balaban J connectivity index is 1.71. The molecule has 0 atom stereocenters. The Kier molecular flexibility index (Phi) is 5.38. The third kappa shape index (κ3) is 4.20. The maximum absolute atomic E-state index is 12.2. The lowest BCUT2D eigenvalue weighted by Crippen LogP contribution is -2.22. The Morgan fingerprint density at radius 3 is 2.80 bits per heavy atom. The van der Waals surface area contributed by atoms with Gasteiger partial charge in [-0.3, -0.25) is 9.59 Å². The Labute approximate surface area is 151 Å². The van der Waals surface area contributed by atoms with E-state index in [9.17, 15) is 9.59 Å². The predicted molar refractivity (Wildman–Crippen MR) is 99.4 cm³/mol. The van der Waals surface area contributed by atoms with Crippen LogP contribution in [-0.2, 0) is 17.6 Å². The average Bonchev–Trinajstić information content (AvgIpc) is 2.74. The fourth-order valence-electron chi connectivity index (χ4n) is 3.11. The van der Waals surface area contributed by atoms with Gasteiger partial charge in [-0.25, -0.2) is 0 Å². The van der Waals surface area contributed by atoms with Gasteiger partial charge in [0, 0.05) is 4.88 Å². The number of ether oxygens (including phenoxy) is 1. The van der Waals surface area contributed by atoms with E-state index in [4.69, 9.17) is 10.5 Å². The first-order valence-corrected chi connectivity index (χ1v) is 9.30. The molecule has 1 aliphatic carbocycles. The number of fused-ring (bicyclic) bond motifs is 1. The summed E-state index contributed by atoms with van der Waals surface area (Å²) in [6.07, 6.45) is 5.10. The molecule has 0 radical (unpaired) electrons. The molecule has 1 heterocycles. The summed E-state index contributed by atoms with van der Waals surface area (Å²) in [5.41, 5.74) is 8.14. The number of anilines is 1. The van der Waals surface area contributed by atoms with Crippen LogP contribution in [0.1, 0.15) is 45.6 Å². The number of amides is 2. The Morgan fingerprint density at radius 1 is 1.24 bits per heavy atom. The predicted octanol–water partition coefficient (Wildman–Crippen LogP) is 3.44. The van der Waals surface area contributed by atoms with Crippen LogP contribution in [0.2, 0.25) is 0 Å². The molecule has 25 heavy (non-hydrogen) atoms. The number of hydrogen-bond acceptors (Lipinski definition) is 4. The molecule has 0 saturated carbocycles. The van der Waals surface area contributed by atoms with E-state index in [-0.39, 0.29) is 12.5 Å². The van der Waals surface area contributed by atoms with Gasteiger partial charge in [0.2, 0.25) is 0 Å². The van der Waals surface area contributed by atoms with E-state index in [0.717, 1.165) is 43.2 Å². The largest absolute Gasteiger partial charge is 0.484 e. The van der Waals surface area contributed by atoms with Gasteiger partial charge in [0.15, 0.2) is 6.61 Å². The molecule has 1 aromatic carbocycles. The van der Waals surface area contributed by atoms with Crippen LogP contribution in [-0.4, -0.2) is 18.4 Å². The molecular weight excluding hydrogens is 336 g/mol. The molecule has 3 N–H and O–H groups in total. The molecule has 0 spiro atoms. The number of carbonyl (C=O) groups is 2. The molecule has 2 amide bonds. The number of nitrogens with two attached hydrogens (primary N) is 1. The second-order valence-corrected chi connectivity index (χ2v) is 7.39. The number of thiophene rings is 1. The van der Waals surface area contributed by atoms with E-state index in [1.54, 1.807) is 0 Å². The maximum atomic E-state index is 12.2. The van der Waals surface area contributed by atoms with Crippen LogP contribution in [0.25, 0.3) is 0 Å². The summed E-state index contributed by atoms with van der Waals surface area (Å²) in [4.78, 5) is 25.3.